The lowest BCUT2D eigenvalue weighted by Crippen LogP contribution is -2.27. The number of unbranched alkanes of at least 4 members (excludes halogenated alkanes) is 2. The zero-order valence-corrected chi connectivity index (χ0v) is 13.9. The van der Waals surface area contributed by atoms with Crippen LogP contribution < -0.4 is 0 Å². The van der Waals surface area contributed by atoms with Crippen molar-refractivity contribution in [3.63, 3.8) is 0 Å². The Bertz CT molecular complexity index is 636. The first-order chi connectivity index (χ1) is 10.0. The van der Waals surface area contributed by atoms with Crippen molar-refractivity contribution in [3.8, 4) is 0 Å². The average molecular weight is 354 g/mol. The number of aryl methyl sites for hydroxylation is 1. The van der Waals surface area contributed by atoms with Crippen LogP contribution in [0.15, 0.2) is 27.1 Å². The molecule has 1 amide bonds. The van der Waals surface area contributed by atoms with Gasteiger partial charge in [-0.05, 0) is 44.4 Å². The maximum atomic E-state index is 12.5. The van der Waals surface area contributed by atoms with E-state index in [2.05, 4.69) is 15.9 Å². The van der Waals surface area contributed by atoms with Crippen LogP contribution in [0.25, 0.3) is 11.0 Å². The summed E-state index contributed by atoms with van der Waals surface area (Å²) < 4.78 is 6.68. The summed E-state index contributed by atoms with van der Waals surface area (Å²) in [6.45, 7) is 2.78. The molecule has 0 saturated carbocycles. The van der Waals surface area contributed by atoms with Crippen molar-refractivity contribution in [2.24, 2.45) is 0 Å². The molecular weight excluding hydrogens is 334 g/mol. The molecule has 0 bridgehead atoms. The third kappa shape index (κ3) is 3.66. The number of carbonyl (C=O) groups excluding carboxylic acids is 1. The largest absolute Gasteiger partial charge is 0.451 e. The van der Waals surface area contributed by atoms with Gasteiger partial charge in [0.25, 0.3) is 5.91 Å². The Morgan fingerprint density at radius 2 is 2.10 bits per heavy atom. The first-order valence-corrected chi connectivity index (χ1v) is 7.89. The van der Waals surface area contributed by atoms with Crippen LogP contribution in [0.2, 0.25) is 0 Å². The first kappa shape index (κ1) is 16.0. The van der Waals surface area contributed by atoms with Gasteiger partial charge in [-0.1, -0.05) is 15.9 Å². The predicted octanol–water partition coefficient (Wildman–Crippen LogP) is 3.74. The minimum atomic E-state index is -0.0937. The lowest BCUT2D eigenvalue weighted by Gasteiger charge is -2.15. The molecule has 21 heavy (non-hydrogen) atoms. The van der Waals surface area contributed by atoms with Gasteiger partial charge in [0.05, 0.1) is 0 Å². The number of hydrogen-bond acceptors (Lipinski definition) is 3. The maximum Gasteiger partial charge on any atom is 0.289 e. The van der Waals surface area contributed by atoms with Crippen molar-refractivity contribution >= 4 is 32.8 Å². The highest BCUT2D eigenvalue weighted by atomic mass is 79.9. The van der Waals surface area contributed by atoms with E-state index in [1.165, 1.54) is 0 Å². The third-order valence-electron chi connectivity index (χ3n) is 3.59. The van der Waals surface area contributed by atoms with Gasteiger partial charge in [-0.2, -0.15) is 0 Å². The Morgan fingerprint density at radius 3 is 2.81 bits per heavy atom. The molecule has 2 rings (SSSR count). The second-order valence-corrected chi connectivity index (χ2v) is 6.12. The van der Waals surface area contributed by atoms with Crippen LogP contribution >= 0.6 is 15.9 Å². The van der Waals surface area contributed by atoms with E-state index in [1.54, 1.807) is 11.9 Å². The molecule has 0 unspecified atom stereocenters. The predicted molar refractivity (Wildman–Crippen MR) is 86.5 cm³/mol. The van der Waals surface area contributed by atoms with Gasteiger partial charge in [0.2, 0.25) is 0 Å². The Morgan fingerprint density at radius 1 is 1.33 bits per heavy atom. The number of fused-ring (bicyclic) bond motifs is 1. The fourth-order valence-electron chi connectivity index (χ4n) is 2.31. The monoisotopic (exact) mass is 353 g/mol. The number of furan rings is 1. The molecule has 4 nitrogen and oxygen atoms in total. The van der Waals surface area contributed by atoms with Crippen molar-refractivity contribution in [3.05, 3.63) is 34.0 Å². The lowest BCUT2D eigenvalue weighted by molar-refractivity contribution is 0.0762. The summed E-state index contributed by atoms with van der Waals surface area (Å²) in [7, 11) is 1.78. The molecule has 0 radical (unpaired) electrons. The summed E-state index contributed by atoms with van der Waals surface area (Å²) in [4.78, 5) is 14.1. The highest BCUT2D eigenvalue weighted by Gasteiger charge is 2.20. The van der Waals surface area contributed by atoms with E-state index >= 15 is 0 Å². The zero-order chi connectivity index (χ0) is 15.4. The molecule has 0 spiro atoms. The molecule has 1 heterocycles. The summed E-state index contributed by atoms with van der Waals surface area (Å²) >= 11 is 3.43. The zero-order valence-electron chi connectivity index (χ0n) is 12.4. The second-order valence-electron chi connectivity index (χ2n) is 5.21. The van der Waals surface area contributed by atoms with Gasteiger partial charge in [-0.25, -0.2) is 0 Å². The summed E-state index contributed by atoms with van der Waals surface area (Å²) in [6, 6.07) is 5.73. The number of aliphatic hydroxyl groups excluding tert-OH is 1. The van der Waals surface area contributed by atoms with E-state index in [-0.39, 0.29) is 12.5 Å². The van der Waals surface area contributed by atoms with Crippen molar-refractivity contribution in [2.75, 3.05) is 20.2 Å². The average Bonchev–Trinajstić information content (AvgIpc) is 2.79. The van der Waals surface area contributed by atoms with E-state index in [1.807, 2.05) is 25.1 Å². The third-order valence-corrected chi connectivity index (χ3v) is 4.08. The van der Waals surface area contributed by atoms with Crippen molar-refractivity contribution in [1.29, 1.82) is 0 Å². The number of benzene rings is 1. The van der Waals surface area contributed by atoms with Crippen LogP contribution in [0.4, 0.5) is 0 Å². The van der Waals surface area contributed by atoms with Crippen LogP contribution in [0.3, 0.4) is 0 Å². The number of nitrogens with zero attached hydrogens (tertiary/aromatic N) is 1. The summed E-state index contributed by atoms with van der Waals surface area (Å²) in [5, 5.41) is 9.72. The van der Waals surface area contributed by atoms with E-state index < -0.39 is 0 Å². The number of hydrogen-bond donors (Lipinski definition) is 1. The molecular formula is C16H20BrNO3. The van der Waals surface area contributed by atoms with Gasteiger partial charge >= 0.3 is 0 Å². The quantitative estimate of drug-likeness (QED) is 0.804. The van der Waals surface area contributed by atoms with E-state index in [9.17, 15) is 4.79 Å². The molecule has 2 aromatic rings. The number of halogens is 1. The Hall–Kier alpha value is -1.33. The van der Waals surface area contributed by atoms with Crippen molar-refractivity contribution in [1.82, 2.24) is 4.90 Å². The highest BCUT2D eigenvalue weighted by Crippen LogP contribution is 2.28. The first-order valence-electron chi connectivity index (χ1n) is 7.09. The van der Waals surface area contributed by atoms with Gasteiger partial charge in [-0.15, -0.1) is 0 Å². The van der Waals surface area contributed by atoms with Crippen molar-refractivity contribution < 1.29 is 14.3 Å². The van der Waals surface area contributed by atoms with Gasteiger partial charge in [0.15, 0.2) is 5.76 Å². The number of carbonyl (C=O) groups is 1. The molecule has 1 aromatic heterocycles. The van der Waals surface area contributed by atoms with Gasteiger partial charge in [0.1, 0.15) is 5.58 Å². The molecule has 1 N–H and O–H groups in total. The molecule has 1 aromatic carbocycles. The van der Waals surface area contributed by atoms with Crippen molar-refractivity contribution in [2.45, 2.75) is 26.2 Å². The molecule has 5 heteroatoms. The molecule has 0 atom stereocenters. The maximum absolute atomic E-state index is 12.5. The van der Waals surface area contributed by atoms with Crippen LogP contribution in [0.1, 0.15) is 35.4 Å². The van der Waals surface area contributed by atoms with Gasteiger partial charge in [0, 0.05) is 35.6 Å². The second kappa shape index (κ2) is 7.09. The lowest BCUT2D eigenvalue weighted by atomic mass is 10.1. The number of aliphatic hydroxyl groups is 1. The minimum absolute atomic E-state index is 0.0937. The van der Waals surface area contributed by atoms with Crippen LogP contribution in [-0.4, -0.2) is 36.1 Å². The molecule has 0 aliphatic heterocycles. The number of rotatable bonds is 6. The van der Waals surface area contributed by atoms with E-state index in [0.29, 0.717) is 12.3 Å². The Labute approximate surface area is 132 Å². The summed E-state index contributed by atoms with van der Waals surface area (Å²) in [5.41, 5.74) is 1.60. The molecule has 0 fully saturated rings. The standard InChI is InChI=1S/C16H20BrNO3/c1-11-13-10-12(17)6-7-14(13)21-15(11)16(20)18(2)8-4-3-5-9-19/h6-7,10,19H,3-5,8-9H2,1-2H3. The fraction of sp³-hybridized carbons (Fsp3) is 0.438. The van der Waals surface area contributed by atoms with E-state index in [0.717, 1.165) is 40.3 Å². The van der Waals surface area contributed by atoms with Gasteiger partial charge < -0.3 is 14.4 Å². The van der Waals surface area contributed by atoms with Crippen LogP contribution in [0.5, 0.6) is 0 Å². The smallest absolute Gasteiger partial charge is 0.289 e. The fourth-order valence-corrected chi connectivity index (χ4v) is 2.67. The minimum Gasteiger partial charge on any atom is -0.451 e. The van der Waals surface area contributed by atoms with Crippen LogP contribution in [0, 0.1) is 6.92 Å². The highest BCUT2D eigenvalue weighted by molar-refractivity contribution is 9.10. The normalized spacial score (nSPS) is 11.0. The Balaban J connectivity index is 2.13. The van der Waals surface area contributed by atoms with Gasteiger partial charge in [-0.3, -0.25) is 4.79 Å². The SMILES string of the molecule is Cc1c(C(=O)N(C)CCCCCO)oc2ccc(Br)cc12. The van der Waals surface area contributed by atoms with Crippen LogP contribution in [-0.2, 0) is 0 Å². The molecule has 0 aliphatic rings. The molecule has 0 saturated heterocycles. The number of amides is 1. The molecule has 0 aliphatic carbocycles. The summed E-state index contributed by atoms with van der Waals surface area (Å²) in [5.74, 6) is 0.316. The topological polar surface area (TPSA) is 53.7 Å². The summed E-state index contributed by atoms with van der Waals surface area (Å²) in [6.07, 6.45) is 2.58. The molecule has 114 valence electrons. The van der Waals surface area contributed by atoms with E-state index in [4.69, 9.17) is 9.52 Å². The Kier molecular flexibility index (Phi) is 5.42.